The largest absolute Gasteiger partial charge is 0.452 e. The highest BCUT2D eigenvalue weighted by atomic mass is 32.2. The first-order chi connectivity index (χ1) is 7.37. The van der Waals surface area contributed by atoms with E-state index >= 15 is 0 Å². The van der Waals surface area contributed by atoms with Crippen molar-refractivity contribution >= 4 is 16.3 Å². The molecule has 0 unspecified atom stereocenters. The van der Waals surface area contributed by atoms with E-state index in [1.54, 1.807) is 4.72 Å². The van der Waals surface area contributed by atoms with Gasteiger partial charge in [-0.3, -0.25) is 0 Å². The maximum Gasteiger partial charge on any atom is 0.421 e. The molecule has 1 heterocycles. The van der Waals surface area contributed by atoms with Gasteiger partial charge in [-0.05, 0) is 32.9 Å². The highest BCUT2D eigenvalue weighted by Crippen LogP contribution is 2.17. The molecule has 1 amide bonds. The molecule has 1 rings (SSSR count). The molecule has 0 saturated carbocycles. The SMILES string of the molecule is COC(=O)NS(=O)(=O)NC1(C)CCNCC1. The van der Waals surface area contributed by atoms with Crippen LogP contribution in [0, 0.1) is 0 Å². The standard InChI is InChI=1S/C8H17N3O4S/c1-8(3-5-9-6-4-8)11-16(13,14)10-7(12)15-2/h9,11H,3-6H2,1-2H3,(H,10,12). The van der Waals surface area contributed by atoms with Crippen LogP contribution < -0.4 is 14.8 Å². The van der Waals surface area contributed by atoms with E-state index in [-0.39, 0.29) is 0 Å². The zero-order chi connectivity index (χ0) is 12.2. The number of ether oxygens (including phenoxy) is 1. The third-order valence-corrected chi connectivity index (χ3v) is 3.69. The van der Waals surface area contributed by atoms with Crippen LogP contribution in [0.2, 0.25) is 0 Å². The molecular weight excluding hydrogens is 234 g/mol. The van der Waals surface area contributed by atoms with Gasteiger partial charge in [0.1, 0.15) is 0 Å². The molecule has 1 aliphatic rings. The summed E-state index contributed by atoms with van der Waals surface area (Å²) in [5, 5.41) is 3.13. The van der Waals surface area contributed by atoms with E-state index in [0.29, 0.717) is 12.8 Å². The second kappa shape index (κ2) is 4.98. The molecule has 0 radical (unpaired) electrons. The third kappa shape index (κ3) is 3.95. The van der Waals surface area contributed by atoms with Gasteiger partial charge in [0.25, 0.3) is 0 Å². The maximum atomic E-state index is 11.5. The molecular formula is C8H17N3O4S. The number of carbonyl (C=O) groups is 1. The molecule has 8 heteroatoms. The monoisotopic (exact) mass is 251 g/mol. The van der Waals surface area contributed by atoms with Gasteiger partial charge in [0.05, 0.1) is 7.11 Å². The van der Waals surface area contributed by atoms with Gasteiger partial charge in [0.2, 0.25) is 0 Å². The number of rotatable bonds is 3. The summed E-state index contributed by atoms with van der Waals surface area (Å²) in [5.74, 6) is 0. The average Bonchev–Trinajstić information content (AvgIpc) is 2.16. The predicted molar refractivity (Wildman–Crippen MR) is 58.1 cm³/mol. The third-order valence-electron chi connectivity index (χ3n) is 2.49. The van der Waals surface area contributed by atoms with Crippen LogP contribution in [0.4, 0.5) is 4.79 Å². The molecule has 1 saturated heterocycles. The summed E-state index contributed by atoms with van der Waals surface area (Å²) in [6.07, 6.45) is 0.356. The van der Waals surface area contributed by atoms with E-state index in [1.165, 1.54) is 0 Å². The lowest BCUT2D eigenvalue weighted by Gasteiger charge is -2.34. The van der Waals surface area contributed by atoms with Crippen LogP contribution in [-0.4, -0.2) is 40.2 Å². The number of hydrogen-bond acceptors (Lipinski definition) is 5. The molecule has 16 heavy (non-hydrogen) atoms. The van der Waals surface area contributed by atoms with Gasteiger partial charge in [-0.15, -0.1) is 0 Å². The first kappa shape index (κ1) is 13.2. The van der Waals surface area contributed by atoms with Crippen molar-refractivity contribution in [1.29, 1.82) is 0 Å². The highest BCUT2D eigenvalue weighted by molar-refractivity contribution is 7.88. The van der Waals surface area contributed by atoms with E-state index < -0.39 is 21.8 Å². The molecule has 0 bridgehead atoms. The van der Waals surface area contributed by atoms with Gasteiger partial charge in [-0.25, -0.2) is 9.52 Å². The molecule has 0 atom stereocenters. The minimum Gasteiger partial charge on any atom is -0.452 e. The van der Waals surface area contributed by atoms with Crippen LogP contribution in [0.5, 0.6) is 0 Å². The number of methoxy groups -OCH3 is 1. The first-order valence-corrected chi connectivity index (χ1v) is 6.46. The van der Waals surface area contributed by atoms with Crippen LogP contribution >= 0.6 is 0 Å². The molecule has 0 aromatic carbocycles. The lowest BCUT2D eigenvalue weighted by Crippen LogP contribution is -2.55. The zero-order valence-electron chi connectivity index (χ0n) is 9.37. The number of carbonyl (C=O) groups excluding carboxylic acids is 1. The van der Waals surface area contributed by atoms with Crippen LogP contribution in [0.1, 0.15) is 19.8 Å². The first-order valence-electron chi connectivity index (χ1n) is 4.97. The van der Waals surface area contributed by atoms with Crippen molar-refractivity contribution in [2.75, 3.05) is 20.2 Å². The minimum absolute atomic E-state index is 0.523. The second-order valence-corrected chi connectivity index (χ2v) is 5.42. The summed E-state index contributed by atoms with van der Waals surface area (Å²) < 4.78 is 31.5. The van der Waals surface area contributed by atoms with Gasteiger partial charge < -0.3 is 10.1 Å². The van der Waals surface area contributed by atoms with Gasteiger partial charge in [0.15, 0.2) is 0 Å². The van der Waals surface area contributed by atoms with Crippen molar-refractivity contribution < 1.29 is 17.9 Å². The van der Waals surface area contributed by atoms with E-state index in [1.807, 2.05) is 6.92 Å². The van der Waals surface area contributed by atoms with Crippen molar-refractivity contribution in [2.24, 2.45) is 0 Å². The van der Waals surface area contributed by atoms with E-state index in [2.05, 4.69) is 14.8 Å². The van der Waals surface area contributed by atoms with Crippen LogP contribution in [0.3, 0.4) is 0 Å². The maximum absolute atomic E-state index is 11.5. The fourth-order valence-corrected chi connectivity index (χ4v) is 2.79. The summed E-state index contributed by atoms with van der Waals surface area (Å²) in [6.45, 7) is 3.30. The Bertz CT molecular complexity index is 348. The Morgan fingerprint density at radius 3 is 2.44 bits per heavy atom. The highest BCUT2D eigenvalue weighted by Gasteiger charge is 2.32. The quantitative estimate of drug-likeness (QED) is 0.617. The van der Waals surface area contributed by atoms with E-state index in [9.17, 15) is 13.2 Å². The van der Waals surface area contributed by atoms with Crippen LogP contribution in [0.25, 0.3) is 0 Å². The molecule has 1 aliphatic heterocycles. The number of piperidine rings is 1. The molecule has 3 N–H and O–H groups in total. The fourth-order valence-electron chi connectivity index (χ4n) is 1.58. The molecule has 0 spiro atoms. The Hall–Kier alpha value is -0.860. The Kier molecular flexibility index (Phi) is 4.11. The lowest BCUT2D eigenvalue weighted by atomic mass is 9.92. The molecule has 94 valence electrons. The normalized spacial score (nSPS) is 20.1. The van der Waals surface area contributed by atoms with Crippen molar-refractivity contribution in [3.63, 3.8) is 0 Å². The molecule has 0 aromatic rings. The second-order valence-electron chi connectivity index (χ2n) is 4.01. The summed E-state index contributed by atoms with van der Waals surface area (Å²) in [7, 11) is -2.75. The Morgan fingerprint density at radius 2 is 1.94 bits per heavy atom. The average molecular weight is 251 g/mol. The van der Waals surface area contributed by atoms with Crippen molar-refractivity contribution in [2.45, 2.75) is 25.3 Å². The summed E-state index contributed by atoms with van der Waals surface area (Å²) >= 11 is 0. The van der Waals surface area contributed by atoms with E-state index in [4.69, 9.17) is 0 Å². The lowest BCUT2D eigenvalue weighted by molar-refractivity contribution is 0.177. The Balaban J connectivity index is 2.60. The number of amides is 1. The van der Waals surface area contributed by atoms with Gasteiger partial charge >= 0.3 is 16.3 Å². The van der Waals surface area contributed by atoms with Crippen molar-refractivity contribution in [3.8, 4) is 0 Å². The Labute approximate surface area is 95.1 Å². The molecule has 0 aromatic heterocycles. The van der Waals surface area contributed by atoms with Crippen molar-refractivity contribution in [1.82, 2.24) is 14.8 Å². The predicted octanol–water partition coefficient (Wildman–Crippen LogP) is -0.681. The smallest absolute Gasteiger partial charge is 0.421 e. The zero-order valence-corrected chi connectivity index (χ0v) is 10.2. The Morgan fingerprint density at radius 1 is 1.38 bits per heavy atom. The summed E-state index contributed by atoms with van der Waals surface area (Å²) in [6, 6.07) is 0. The molecule has 7 nitrogen and oxygen atoms in total. The summed E-state index contributed by atoms with van der Waals surface area (Å²) in [5.41, 5.74) is -0.523. The number of hydrogen-bond donors (Lipinski definition) is 3. The van der Waals surface area contributed by atoms with E-state index in [0.717, 1.165) is 20.2 Å². The van der Waals surface area contributed by atoms with Crippen LogP contribution in [-0.2, 0) is 14.9 Å². The summed E-state index contributed by atoms with van der Waals surface area (Å²) in [4.78, 5) is 10.8. The van der Waals surface area contributed by atoms with Gasteiger partial charge in [0, 0.05) is 5.54 Å². The van der Waals surface area contributed by atoms with Gasteiger partial charge in [-0.1, -0.05) is 0 Å². The number of nitrogens with one attached hydrogen (secondary N) is 3. The molecule has 1 fully saturated rings. The van der Waals surface area contributed by atoms with Crippen LogP contribution in [0.15, 0.2) is 0 Å². The fraction of sp³-hybridized carbons (Fsp3) is 0.875. The minimum atomic E-state index is -3.85. The topological polar surface area (TPSA) is 96.5 Å². The van der Waals surface area contributed by atoms with Crippen molar-refractivity contribution in [3.05, 3.63) is 0 Å². The molecule has 0 aliphatic carbocycles. The van der Waals surface area contributed by atoms with Gasteiger partial charge in [-0.2, -0.15) is 13.1 Å².